The lowest BCUT2D eigenvalue weighted by Crippen LogP contribution is -2.29. The topological polar surface area (TPSA) is 41.9 Å². The van der Waals surface area contributed by atoms with Gasteiger partial charge in [0.25, 0.3) is 0 Å². The third-order valence-corrected chi connectivity index (χ3v) is 7.49. The molecule has 1 aliphatic heterocycles. The van der Waals surface area contributed by atoms with E-state index in [0.717, 1.165) is 43.6 Å². The van der Waals surface area contributed by atoms with Crippen molar-refractivity contribution in [2.24, 2.45) is 0 Å². The molecule has 142 valence electrons. The molecule has 1 aliphatic rings. The Morgan fingerprint density at radius 1 is 1.11 bits per heavy atom. The Hall–Kier alpha value is -2.15. The standard InChI is InChI=1S/C22H22N4S2/c1-15(16-5-6-20-19(12-16)24-14-27-20)26-10-7-18-21(8-11-26)28-22(25-18)13-17-4-2-3-9-23-17/h2-6,9,12,14-15H,7-8,10-11,13H2,1H3. The van der Waals surface area contributed by atoms with Crippen LogP contribution < -0.4 is 0 Å². The normalized spacial score (nSPS) is 16.0. The van der Waals surface area contributed by atoms with Crippen LogP contribution in [0.2, 0.25) is 0 Å². The van der Waals surface area contributed by atoms with Gasteiger partial charge in [0.05, 0.1) is 26.4 Å². The van der Waals surface area contributed by atoms with Crippen LogP contribution >= 0.6 is 22.7 Å². The Bertz CT molecular complexity index is 1060. The number of thiazole rings is 2. The summed E-state index contributed by atoms with van der Waals surface area (Å²) in [5.41, 5.74) is 6.79. The van der Waals surface area contributed by atoms with Crippen molar-refractivity contribution in [3.05, 3.63) is 74.9 Å². The Balaban J connectivity index is 1.29. The number of rotatable bonds is 4. The molecule has 4 heterocycles. The van der Waals surface area contributed by atoms with Gasteiger partial charge in [-0.05, 0) is 43.2 Å². The fourth-order valence-corrected chi connectivity index (χ4v) is 5.68. The lowest BCUT2D eigenvalue weighted by Gasteiger charge is -2.27. The first-order valence-corrected chi connectivity index (χ1v) is 11.4. The summed E-state index contributed by atoms with van der Waals surface area (Å²) in [7, 11) is 0. The summed E-state index contributed by atoms with van der Waals surface area (Å²) < 4.78 is 1.26. The molecular weight excluding hydrogens is 384 g/mol. The summed E-state index contributed by atoms with van der Waals surface area (Å²) in [6, 6.07) is 13.2. The quantitative estimate of drug-likeness (QED) is 0.483. The third kappa shape index (κ3) is 3.60. The van der Waals surface area contributed by atoms with Gasteiger partial charge < -0.3 is 0 Å². The van der Waals surface area contributed by atoms with Crippen molar-refractivity contribution >= 4 is 32.9 Å². The molecule has 0 fully saturated rings. The number of pyridine rings is 1. The zero-order chi connectivity index (χ0) is 18.9. The van der Waals surface area contributed by atoms with Crippen molar-refractivity contribution < 1.29 is 0 Å². The fraction of sp³-hybridized carbons (Fsp3) is 0.318. The van der Waals surface area contributed by atoms with Crippen molar-refractivity contribution in [2.45, 2.75) is 32.2 Å². The molecule has 0 saturated carbocycles. The molecule has 4 aromatic rings. The number of fused-ring (bicyclic) bond motifs is 2. The minimum absolute atomic E-state index is 0.396. The maximum Gasteiger partial charge on any atom is 0.0990 e. The maximum absolute atomic E-state index is 4.95. The number of benzene rings is 1. The highest BCUT2D eigenvalue weighted by atomic mass is 32.1. The zero-order valence-electron chi connectivity index (χ0n) is 15.8. The van der Waals surface area contributed by atoms with Crippen molar-refractivity contribution in [2.75, 3.05) is 13.1 Å². The van der Waals surface area contributed by atoms with E-state index in [2.05, 4.69) is 46.1 Å². The second-order valence-electron chi connectivity index (χ2n) is 7.27. The average Bonchev–Trinajstić information content (AvgIpc) is 3.30. The van der Waals surface area contributed by atoms with Crippen LogP contribution in [-0.2, 0) is 19.3 Å². The molecule has 6 heteroatoms. The summed E-state index contributed by atoms with van der Waals surface area (Å²) in [4.78, 5) is 17.9. The largest absolute Gasteiger partial charge is 0.296 e. The predicted molar refractivity (Wildman–Crippen MR) is 116 cm³/mol. The van der Waals surface area contributed by atoms with Crippen LogP contribution in [0.1, 0.15) is 39.8 Å². The molecule has 1 atom stereocenters. The van der Waals surface area contributed by atoms with Crippen molar-refractivity contribution in [3.63, 3.8) is 0 Å². The molecule has 4 nitrogen and oxygen atoms in total. The van der Waals surface area contributed by atoms with Crippen LogP contribution in [0.3, 0.4) is 0 Å². The smallest absolute Gasteiger partial charge is 0.0990 e. The monoisotopic (exact) mass is 406 g/mol. The van der Waals surface area contributed by atoms with E-state index in [-0.39, 0.29) is 0 Å². The van der Waals surface area contributed by atoms with Gasteiger partial charge in [0.1, 0.15) is 0 Å². The molecule has 0 spiro atoms. The lowest BCUT2D eigenvalue weighted by molar-refractivity contribution is 0.221. The van der Waals surface area contributed by atoms with Gasteiger partial charge in [0.15, 0.2) is 0 Å². The Kier molecular flexibility index (Phi) is 4.93. The highest BCUT2D eigenvalue weighted by molar-refractivity contribution is 7.16. The number of aromatic nitrogens is 3. The summed E-state index contributed by atoms with van der Waals surface area (Å²) in [5.74, 6) is 0. The summed E-state index contributed by atoms with van der Waals surface area (Å²) in [5, 5.41) is 1.19. The first-order valence-electron chi connectivity index (χ1n) is 9.71. The Labute approximate surface area is 172 Å². The summed E-state index contributed by atoms with van der Waals surface area (Å²) >= 11 is 3.57. The van der Waals surface area contributed by atoms with Crippen LogP contribution in [-0.4, -0.2) is 32.9 Å². The van der Waals surface area contributed by atoms with Gasteiger partial charge >= 0.3 is 0 Å². The molecule has 0 aliphatic carbocycles. The first kappa shape index (κ1) is 17.9. The second kappa shape index (κ2) is 7.70. The van der Waals surface area contributed by atoms with E-state index in [1.807, 2.05) is 35.2 Å². The first-order chi connectivity index (χ1) is 13.8. The molecule has 1 unspecified atom stereocenters. The van der Waals surface area contributed by atoms with Crippen LogP contribution in [0.4, 0.5) is 0 Å². The predicted octanol–water partition coefficient (Wildman–Crippen LogP) is 4.90. The molecule has 28 heavy (non-hydrogen) atoms. The molecule has 3 aromatic heterocycles. The number of hydrogen-bond acceptors (Lipinski definition) is 6. The average molecular weight is 407 g/mol. The molecule has 0 bridgehead atoms. The van der Waals surface area contributed by atoms with Crippen LogP contribution in [0.25, 0.3) is 10.2 Å². The Morgan fingerprint density at radius 2 is 2.04 bits per heavy atom. The van der Waals surface area contributed by atoms with Gasteiger partial charge in [-0.25, -0.2) is 9.97 Å². The molecule has 0 saturated heterocycles. The van der Waals surface area contributed by atoms with Crippen LogP contribution in [0.15, 0.2) is 48.1 Å². The minimum atomic E-state index is 0.396. The number of nitrogens with zero attached hydrogens (tertiary/aromatic N) is 4. The van der Waals surface area contributed by atoms with Gasteiger partial charge in [-0.3, -0.25) is 9.88 Å². The number of hydrogen-bond donors (Lipinski definition) is 0. The van der Waals surface area contributed by atoms with Crippen molar-refractivity contribution in [1.29, 1.82) is 0 Å². The molecule has 5 rings (SSSR count). The minimum Gasteiger partial charge on any atom is -0.296 e. The summed E-state index contributed by atoms with van der Waals surface area (Å²) in [6.45, 7) is 4.44. The third-order valence-electron chi connectivity index (χ3n) is 5.53. The van der Waals surface area contributed by atoms with E-state index in [1.165, 1.54) is 25.8 Å². The fourth-order valence-electron chi connectivity index (χ4n) is 3.90. The van der Waals surface area contributed by atoms with Crippen molar-refractivity contribution in [3.8, 4) is 0 Å². The van der Waals surface area contributed by atoms with Gasteiger partial charge in [-0.2, -0.15) is 0 Å². The van der Waals surface area contributed by atoms with Gasteiger partial charge in [0, 0.05) is 48.7 Å². The molecule has 0 N–H and O–H groups in total. The zero-order valence-corrected chi connectivity index (χ0v) is 17.5. The van der Waals surface area contributed by atoms with E-state index < -0.39 is 0 Å². The maximum atomic E-state index is 4.95. The lowest BCUT2D eigenvalue weighted by atomic mass is 10.1. The molecular formula is C22H22N4S2. The van der Waals surface area contributed by atoms with E-state index in [4.69, 9.17) is 4.98 Å². The van der Waals surface area contributed by atoms with Gasteiger partial charge in [-0.15, -0.1) is 22.7 Å². The van der Waals surface area contributed by atoms with Crippen molar-refractivity contribution in [1.82, 2.24) is 19.9 Å². The molecule has 0 amide bonds. The van der Waals surface area contributed by atoms with Gasteiger partial charge in [0.2, 0.25) is 0 Å². The SMILES string of the molecule is CC(c1ccc2scnc2c1)N1CCc2nc(Cc3ccccn3)sc2CC1. The van der Waals surface area contributed by atoms with E-state index >= 15 is 0 Å². The Morgan fingerprint density at radius 3 is 2.93 bits per heavy atom. The molecule has 0 radical (unpaired) electrons. The van der Waals surface area contributed by atoms with E-state index in [1.54, 1.807) is 11.3 Å². The highest BCUT2D eigenvalue weighted by Gasteiger charge is 2.22. The van der Waals surface area contributed by atoms with E-state index in [9.17, 15) is 0 Å². The highest BCUT2D eigenvalue weighted by Crippen LogP contribution is 2.30. The van der Waals surface area contributed by atoms with Crippen LogP contribution in [0.5, 0.6) is 0 Å². The van der Waals surface area contributed by atoms with Crippen LogP contribution in [0, 0.1) is 0 Å². The molecule has 1 aromatic carbocycles. The second-order valence-corrected chi connectivity index (χ2v) is 9.32. The summed E-state index contributed by atoms with van der Waals surface area (Å²) in [6.07, 6.45) is 4.80. The van der Waals surface area contributed by atoms with Gasteiger partial charge in [-0.1, -0.05) is 12.1 Å². The van der Waals surface area contributed by atoms with E-state index in [0.29, 0.717) is 6.04 Å².